The van der Waals surface area contributed by atoms with Crippen LogP contribution in [-0.2, 0) is 10.2 Å². The van der Waals surface area contributed by atoms with Gasteiger partial charge in [0, 0.05) is 13.2 Å². The molecule has 0 aliphatic heterocycles. The molecule has 3 nitrogen and oxygen atoms in total. The van der Waals surface area contributed by atoms with Gasteiger partial charge < -0.3 is 10.4 Å². The molecule has 0 fully saturated rings. The van der Waals surface area contributed by atoms with E-state index in [0.29, 0.717) is 13.0 Å². The van der Waals surface area contributed by atoms with Crippen LogP contribution in [0.1, 0.15) is 25.8 Å². The van der Waals surface area contributed by atoms with Crippen molar-refractivity contribution in [2.45, 2.75) is 25.7 Å². The second-order valence-electron chi connectivity index (χ2n) is 4.32. The standard InChI is InChI=1S/C13H19NO2/c1-13(2,11-7-4-3-5-8-11)12(16)14-9-6-10-15/h3-5,7-8,15H,6,9-10H2,1-2H3,(H,14,16). The van der Waals surface area contributed by atoms with Crippen LogP contribution in [0.5, 0.6) is 0 Å². The molecule has 88 valence electrons. The molecule has 0 aliphatic rings. The number of rotatable bonds is 5. The third-order valence-electron chi connectivity index (χ3n) is 2.68. The van der Waals surface area contributed by atoms with Gasteiger partial charge >= 0.3 is 0 Å². The molecule has 0 aromatic heterocycles. The molecule has 1 aromatic carbocycles. The van der Waals surface area contributed by atoms with Gasteiger partial charge in [-0.2, -0.15) is 0 Å². The van der Waals surface area contributed by atoms with Crippen LogP contribution in [0.4, 0.5) is 0 Å². The molecule has 0 unspecified atom stereocenters. The van der Waals surface area contributed by atoms with Crippen molar-refractivity contribution >= 4 is 5.91 Å². The lowest BCUT2D eigenvalue weighted by molar-refractivity contribution is -0.125. The molecular formula is C13H19NO2. The number of carbonyl (C=O) groups excluding carboxylic acids is 1. The van der Waals surface area contributed by atoms with E-state index in [1.807, 2.05) is 44.2 Å². The first-order valence-corrected chi connectivity index (χ1v) is 5.53. The van der Waals surface area contributed by atoms with Crippen LogP contribution in [0.15, 0.2) is 30.3 Å². The molecule has 0 heterocycles. The van der Waals surface area contributed by atoms with Gasteiger partial charge in [0.1, 0.15) is 0 Å². The predicted molar refractivity (Wildman–Crippen MR) is 64.2 cm³/mol. The summed E-state index contributed by atoms with van der Waals surface area (Å²) < 4.78 is 0. The summed E-state index contributed by atoms with van der Waals surface area (Å²) in [4.78, 5) is 11.9. The molecule has 1 aromatic rings. The fourth-order valence-electron chi connectivity index (χ4n) is 1.49. The lowest BCUT2D eigenvalue weighted by Crippen LogP contribution is -2.40. The third kappa shape index (κ3) is 3.07. The van der Waals surface area contributed by atoms with Crippen molar-refractivity contribution in [3.05, 3.63) is 35.9 Å². The van der Waals surface area contributed by atoms with Gasteiger partial charge in [-0.1, -0.05) is 30.3 Å². The number of nitrogens with one attached hydrogen (secondary N) is 1. The first-order valence-electron chi connectivity index (χ1n) is 5.53. The second kappa shape index (κ2) is 5.66. The van der Waals surface area contributed by atoms with Gasteiger partial charge in [0.25, 0.3) is 0 Å². The van der Waals surface area contributed by atoms with Crippen LogP contribution in [0.2, 0.25) is 0 Å². The van der Waals surface area contributed by atoms with E-state index in [2.05, 4.69) is 5.32 Å². The second-order valence-corrected chi connectivity index (χ2v) is 4.32. The first kappa shape index (κ1) is 12.7. The minimum Gasteiger partial charge on any atom is -0.396 e. The average molecular weight is 221 g/mol. The molecule has 0 atom stereocenters. The molecular weight excluding hydrogens is 202 g/mol. The number of hydrogen-bond donors (Lipinski definition) is 2. The quantitative estimate of drug-likeness (QED) is 0.740. The summed E-state index contributed by atoms with van der Waals surface area (Å²) in [7, 11) is 0. The van der Waals surface area contributed by atoms with E-state index in [4.69, 9.17) is 5.11 Å². The highest BCUT2D eigenvalue weighted by Crippen LogP contribution is 2.22. The largest absolute Gasteiger partial charge is 0.396 e. The number of aliphatic hydroxyl groups excluding tert-OH is 1. The monoisotopic (exact) mass is 221 g/mol. The van der Waals surface area contributed by atoms with Gasteiger partial charge in [-0.15, -0.1) is 0 Å². The van der Waals surface area contributed by atoms with E-state index in [1.165, 1.54) is 0 Å². The minimum absolute atomic E-state index is 0.00727. The Bertz CT molecular complexity index is 333. The van der Waals surface area contributed by atoms with Crippen molar-refractivity contribution in [1.82, 2.24) is 5.32 Å². The van der Waals surface area contributed by atoms with Gasteiger partial charge in [-0.25, -0.2) is 0 Å². The lowest BCUT2D eigenvalue weighted by Gasteiger charge is -2.24. The van der Waals surface area contributed by atoms with Crippen molar-refractivity contribution in [3.63, 3.8) is 0 Å². The van der Waals surface area contributed by atoms with Crippen LogP contribution >= 0.6 is 0 Å². The zero-order chi connectivity index (χ0) is 12.0. The molecule has 0 radical (unpaired) electrons. The Morgan fingerprint density at radius 3 is 2.50 bits per heavy atom. The van der Waals surface area contributed by atoms with Crippen molar-refractivity contribution in [2.24, 2.45) is 0 Å². The summed E-state index contributed by atoms with van der Waals surface area (Å²) in [6.07, 6.45) is 0.594. The first-order chi connectivity index (χ1) is 7.59. The van der Waals surface area contributed by atoms with Crippen LogP contribution < -0.4 is 5.32 Å². The average Bonchev–Trinajstić information content (AvgIpc) is 2.30. The summed E-state index contributed by atoms with van der Waals surface area (Å²) in [5.41, 5.74) is 0.466. The highest BCUT2D eigenvalue weighted by atomic mass is 16.3. The maximum absolute atomic E-state index is 11.9. The summed E-state index contributed by atoms with van der Waals surface area (Å²) in [5.74, 6) is -0.00727. The van der Waals surface area contributed by atoms with E-state index in [-0.39, 0.29) is 12.5 Å². The van der Waals surface area contributed by atoms with Gasteiger partial charge in [0.05, 0.1) is 5.41 Å². The maximum Gasteiger partial charge on any atom is 0.230 e. The maximum atomic E-state index is 11.9. The number of aliphatic hydroxyl groups is 1. The molecule has 16 heavy (non-hydrogen) atoms. The fraction of sp³-hybridized carbons (Fsp3) is 0.462. The number of amides is 1. The van der Waals surface area contributed by atoms with E-state index in [9.17, 15) is 4.79 Å². The van der Waals surface area contributed by atoms with Crippen molar-refractivity contribution < 1.29 is 9.90 Å². The molecule has 1 rings (SSSR count). The summed E-state index contributed by atoms with van der Waals surface area (Å²) >= 11 is 0. The van der Waals surface area contributed by atoms with Crippen LogP contribution in [0.25, 0.3) is 0 Å². The van der Waals surface area contributed by atoms with Crippen LogP contribution in [-0.4, -0.2) is 24.2 Å². The van der Waals surface area contributed by atoms with E-state index in [1.54, 1.807) is 0 Å². The summed E-state index contributed by atoms with van der Waals surface area (Å²) in [5, 5.41) is 11.5. The van der Waals surface area contributed by atoms with Crippen molar-refractivity contribution in [1.29, 1.82) is 0 Å². The topological polar surface area (TPSA) is 49.3 Å². The molecule has 1 amide bonds. The molecule has 0 saturated carbocycles. The minimum atomic E-state index is -0.531. The van der Waals surface area contributed by atoms with Crippen LogP contribution in [0.3, 0.4) is 0 Å². The Morgan fingerprint density at radius 1 is 1.31 bits per heavy atom. The van der Waals surface area contributed by atoms with Gasteiger partial charge in [-0.3, -0.25) is 4.79 Å². The fourth-order valence-corrected chi connectivity index (χ4v) is 1.49. The Hall–Kier alpha value is -1.35. The summed E-state index contributed by atoms with van der Waals surface area (Å²) in [6.45, 7) is 4.42. The van der Waals surface area contributed by atoms with Crippen molar-refractivity contribution in [3.8, 4) is 0 Å². The smallest absolute Gasteiger partial charge is 0.230 e. The third-order valence-corrected chi connectivity index (χ3v) is 2.68. The van der Waals surface area contributed by atoms with E-state index >= 15 is 0 Å². The molecule has 0 spiro atoms. The Morgan fingerprint density at radius 2 is 1.94 bits per heavy atom. The van der Waals surface area contributed by atoms with Crippen molar-refractivity contribution in [2.75, 3.05) is 13.2 Å². The Kier molecular flexibility index (Phi) is 4.50. The molecule has 3 heteroatoms. The predicted octanol–water partition coefficient (Wildman–Crippen LogP) is 1.46. The van der Waals surface area contributed by atoms with E-state index < -0.39 is 5.41 Å². The van der Waals surface area contributed by atoms with Gasteiger partial charge in [-0.05, 0) is 25.8 Å². The number of carbonyl (C=O) groups is 1. The normalized spacial score (nSPS) is 11.2. The van der Waals surface area contributed by atoms with Gasteiger partial charge in [0.15, 0.2) is 0 Å². The lowest BCUT2D eigenvalue weighted by atomic mass is 9.84. The van der Waals surface area contributed by atoms with E-state index in [0.717, 1.165) is 5.56 Å². The summed E-state index contributed by atoms with van der Waals surface area (Å²) in [6, 6.07) is 9.69. The molecule has 2 N–H and O–H groups in total. The Balaban J connectivity index is 2.66. The Labute approximate surface area is 96.5 Å². The highest BCUT2D eigenvalue weighted by Gasteiger charge is 2.28. The van der Waals surface area contributed by atoms with Crippen LogP contribution in [0, 0.1) is 0 Å². The molecule has 0 saturated heterocycles. The number of benzene rings is 1. The zero-order valence-corrected chi connectivity index (χ0v) is 9.86. The van der Waals surface area contributed by atoms with Gasteiger partial charge in [0.2, 0.25) is 5.91 Å². The number of hydrogen-bond acceptors (Lipinski definition) is 2. The molecule has 0 bridgehead atoms. The molecule has 0 aliphatic carbocycles. The highest BCUT2D eigenvalue weighted by molar-refractivity contribution is 5.87. The zero-order valence-electron chi connectivity index (χ0n) is 9.86. The SMILES string of the molecule is CC(C)(C(=O)NCCCO)c1ccccc1.